The second kappa shape index (κ2) is 25.6. The zero-order chi connectivity index (χ0) is 57.3. The fourth-order valence-corrected chi connectivity index (χ4v) is 9.38. The maximum absolute atomic E-state index is 12.9. The lowest BCUT2D eigenvalue weighted by Gasteiger charge is -2.09. The molecule has 2 saturated carbocycles. The SMILES string of the molecule is CCCn1c(=O)c2[nH]c(-c3ccc(NCCOC)nc3)nc2n(CCC)c1=O.CCCn1c(=O)n(C2CC2)c(=O)c2[nH]c(-c3ccc(NC)nc3)nc21.CCCn1c(=O)n(C2CC2)c(=O)c2[nH]c(-c3ccc(NCCOC)nc3)nc21. The van der Waals surface area contributed by atoms with Crippen molar-refractivity contribution in [2.45, 2.75) is 117 Å². The molecule has 2 fully saturated rings. The molecule has 0 unspecified atom stereocenters. The average molecular weight is 1110 g/mol. The Kier molecular flexibility index (Phi) is 18.0. The van der Waals surface area contributed by atoms with E-state index >= 15 is 0 Å². The number of aryl methyl sites for hydroxylation is 3. The third-order valence-electron chi connectivity index (χ3n) is 13.7. The number of aromatic amines is 3. The number of fused-ring (bicyclic) bond motifs is 3. The summed E-state index contributed by atoms with van der Waals surface area (Å²) < 4.78 is 18.8. The number of rotatable bonds is 22. The number of hydrogen-bond donors (Lipinski definition) is 6. The highest BCUT2D eigenvalue weighted by Crippen LogP contribution is 2.33. The van der Waals surface area contributed by atoms with Gasteiger partial charge in [-0.2, -0.15) is 0 Å². The highest BCUT2D eigenvalue weighted by Gasteiger charge is 2.31. The molecule has 0 radical (unpaired) electrons. The second-order valence-corrected chi connectivity index (χ2v) is 19.8. The predicted octanol–water partition coefficient (Wildman–Crippen LogP) is 5.31. The number of methoxy groups -OCH3 is 2. The van der Waals surface area contributed by atoms with Gasteiger partial charge in [-0.05, 0) is 87.8 Å². The van der Waals surface area contributed by atoms with E-state index in [1.54, 1.807) is 53.6 Å². The lowest BCUT2D eigenvalue weighted by atomic mass is 10.2. The fraction of sp³-hybridized carbons (Fsp3) is 0.455. The van der Waals surface area contributed by atoms with Crippen LogP contribution >= 0.6 is 0 Å². The first kappa shape index (κ1) is 56.9. The van der Waals surface area contributed by atoms with Crippen LogP contribution in [0.5, 0.6) is 0 Å². The van der Waals surface area contributed by atoms with Crippen molar-refractivity contribution in [1.29, 1.82) is 0 Å². The molecule has 0 saturated heterocycles. The lowest BCUT2D eigenvalue weighted by molar-refractivity contribution is 0.210. The molecule has 11 rings (SSSR count). The zero-order valence-electron chi connectivity index (χ0n) is 46.8. The Morgan fingerprint density at radius 2 is 0.827 bits per heavy atom. The number of anilines is 3. The van der Waals surface area contributed by atoms with Gasteiger partial charge in [0.15, 0.2) is 16.9 Å². The third kappa shape index (κ3) is 12.2. The molecule has 0 aliphatic heterocycles. The van der Waals surface area contributed by atoms with E-state index in [2.05, 4.69) is 60.8 Å². The molecule has 2 aliphatic carbocycles. The third-order valence-corrected chi connectivity index (χ3v) is 13.7. The summed E-state index contributed by atoms with van der Waals surface area (Å²) >= 11 is 0. The van der Waals surface area contributed by atoms with Crippen molar-refractivity contribution >= 4 is 50.9 Å². The zero-order valence-corrected chi connectivity index (χ0v) is 46.8. The van der Waals surface area contributed by atoms with Crippen LogP contribution in [0.15, 0.2) is 83.8 Å². The van der Waals surface area contributed by atoms with Gasteiger partial charge in [-0.3, -0.25) is 41.8 Å². The lowest BCUT2D eigenvalue weighted by Crippen LogP contribution is -2.40. The van der Waals surface area contributed by atoms with Crippen LogP contribution in [0.3, 0.4) is 0 Å². The molecule has 0 aromatic carbocycles. The molecule has 9 aromatic heterocycles. The van der Waals surface area contributed by atoms with E-state index in [1.165, 1.54) is 13.7 Å². The standard InChI is InChI=1S/C19H24N6O3.C19H26N6O3.C17H20N6O2/c1-3-9-24-17-15(18(26)25(19(24)27)13-5-6-13)22-16(23-17)12-4-7-14(21-11-12)20-8-10-28-2;1-4-9-24-17-15(18(26)25(10-5-2)19(24)27)22-16(23-17)13-6-7-14(21-12-13)20-8-11-28-3;1-3-8-22-15-13(16(24)23(17(22)25)11-5-6-11)20-14(21-15)10-4-7-12(18-2)19-9-10/h4,7,11,13H,3,5-6,8-10H2,1-2H3,(H,20,21)(H,22,23);6-7,12H,4-5,8-11H2,1-3H3,(H,20,21)(H,22,23);4,7,9,11H,3,5-6,8H2,1-2H3,(H,18,19)(H,20,21). The van der Waals surface area contributed by atoms with E-state index < -0.39 is 0 Å². The molecule has 2 aliphatic rings. The Hall–Kier alpha value is -8.78. The van der Waals surface area contributed by atoms with E-state index in [4.69, 9.17) is 9.47 Å². The molecule has 0 bridgehead atoms. The van der Waals surface area contributed by atoms with Crippen LogP contribution in [0.4, 0.5) is 17.5 Å². The summed E-state index contributed by atoms with van der Waals surface area (Å²) in [5.74, 6) is 3.79. The van der Waals surface area contributed by atoms with Crippen LogP contribution in [-0.2, 0) is 35.7 Å². The maximum Gasteiger partial charge on any atom is 0.333 e. The topological polar surface area (TPSA) is 311 Å². The Labute approximate surface area is 463 Å². The van der Waals surface area contributed by atoms with E-state index in [1.807, 2.05) is 64.1 Å². The van der Waals surface area contributed by atoms with Crippen LogP contribution in [0, 0.1) is 0 Å². The second-order valence-electron chi connectivity index (χ2n) is 19.8. The molecule has 428 valence electrons. The summed E-state index contributed by atoms with van der Waals surface area (Å²) in [6.07, 6.45) is 11.6. The number of pyridine rings is 3. The molecule has 6 N–H and O–H groups in total. The largest absolute Gasteiger partial charge is 0.383 e. The molecule has 0 spiro atoms. The van der Waals surface area contributed by atoms with Gasteiger partial charge in [0, 0.05) is 108 Å². The number of aromatic nitrogens is 15. The quantitative estimate of drug-likeness (QED) is 0.0468. The van der Waals surface area contributed by atoms with E-state index in [9.17, 15) is 28.8 Å². The highest BCUT2D eigenvalue weighted by atomic mass is 16.5. The Bertz CT molecular complexity index is 4010. The predicted molar refractivity (Wildman–Crippen MR) is 312 cm³/mol. The van der Waals surface area contributed by atoms with Crippen molar-refractivity contribution in [3.05, 3.63) is 118 Å². The first-order valence-electron chi connectivity index (χ1n) is 27.6. The van der Waals surface area contributed by atoms with Gasteiger partial charge in [0.2, 0.25) is 0 Å². The van der Waals surface area contributed by atoms with Gasteiger partial charge < -0.3 is 40.4 Å². The summed E-state index contributed by atoms with van der Waals surface area (Å²) in [7, 11) is 5.09. The van der Waals surface area contributed by atoms with Gasteiger partial charge in [0.1, 0.15) is 51.5 Å². The molecular weight excluding hydrogens is 1040 g/mol. The minimum absolute atomic E-state index is 0.0124. The van der Waals surface area contributed by atoms with Crippen LogP contribution < -0.4 is 49.7 Å². The fourth-order valence-electron chi connectivity index (χ4n) is 9.38. The molecular formula is C55H70N18O8. The van der Waals surface area contributed by atoms with Gasteiger partial charge in [0.05, 0.1) is 13.2 Å². The highest BCUT2D eigenvalue weighted by molar-refractivity contribution is 5.77. The van der Waals surface area contributed by atoms with Crippen molar-refractivity contribution < 1.29 is 9.47 Å². The molecule has 26 heteroatoms. The molecule has 0 amide bonds. The van der Waals surface area contributed by atoms with Gasteiger partial charge in [-0.15, -0.1) is 0 Å². The Balaban J connectivity index is 0.000000147. The van der Waals surface area contributed by atoms with E-state index in [0.717, 1.165) is 79.1 Å². The number of imidazole rings is 3. The van der Waals surface area contributed by atoms with Crippen molar-refractivity contribution in [3.63, 3.8) is 0 Å². The number of nitrogens with one attached hydrogen (secondary N) is 6. The summed E-state index contributed by atoms with van der Waals surface area (Å²) in [5.41, 5.74) is 2.83. The van der Waals surface area contributed by atoms with Crippen molar-refractivity contribution in [3.8, 4) is 34.2 Å². The van der Waals surface area contributed by atoms with Crippen LogP contribution in [0.2, 0.25) is 0 Å². The summed E-state index contributed by atoms with van der Waals surface area (Å²) in [4.78, 5) is 113. The van der Waals surface area contributed by atoms with Gasteiger partial charge >= 0.3 is 17.1 Å². The number of ether oxygens (including phenoxy) is 2. The molecule has 81 heavy (non-hydrogen) atoms. The first-order valence-corrected chi connectivity index (χ1v) is 27.6. The van der Waals surface area contributed by atoms with Crippen LogP contribution in [-0.4, -0.2) is 120 Å². The normalized spacial score (nSPS) is 13.1. The summed E-state index contributed by atoms with van der Waals surface area (Å²) in [6.45, 7) is 12.4. The number of hydrogen-bond acceptors (Lipinski definition) is 17. The number of H-pyrrole nitrogens is 3. The first-order chi connectivity index (χ1) is 39.4. The average Bonchev–Trinajstić information content (AvgIpc) is 4.37. The van der Waals surface area contributed by atoms with Crippen molar-refractivity contribution in [2.24, 2.45) is 0 Å². The van der Waals surface area contributed by atoms with Crippen LogP contribution in [0.1, 0.15) is 91.1 Å². The van der Waals surface area contributed by atoms with E-state index in [-0.39, 0.29) is 45.8 Å². The van der Waals surface area contributed by atoms with Gasteiger partial charge in [0.25, 0.3) is 16.7 Å². The van der Waals surface area contributed by atoms with Crippen molar-refractivity contribution in [1.82, 2.24) is 72.3 Å². The Morgan fingerprint density at radius 1 is 0.481 bits per heavy atom. The minimum atomic E-state index is -0.334. The summed E-state index contributed by atoms with van der Waals surface area (Å²) in [5, 5.41) is 9.26. The van der Waals surface area contributed by atoms with Crippen molar-refractivity contribution in [2.75, 3.05) is 63.5 Å². The molecule has 26 nitrogen and oxygen atoms in total. The summed E-state index contributed by atoms with van der Waals surface area (Å²) in [6, 6.07) is 11.2. The smallest absolute Gasteiger partial charge is 0.333 e. The van der Waals surface area contributed by atoms with Gasteiger partial charge in [-0.1, -0.05) is 27.7 Å². The molecule has 9 aromatic rings. The molecule has 9 heterocycles. The van der Waals surface area contributed by atoms with Gasteiger partial charge in [-0.25, -0.2) is 44.3 Å². The minimum Gasteiger partial charge on any atom is -0.383 e. The number of nitrogens with zero attached hydrogens (tertiary/aromatic N) is 12. The van der Waals surface area contributed by atoms with E-state index in [0.29, 0.717) is 110 Å². The maximum atomic E-state index is 12.9. The Morgan fingerprint density at radius 3 is 1.15 bits per heavy atom. The molecule has 0 atom stereocenters. The monoisotopic (exact) mass is 1110 g/mol. The van der Waals surface area contributed by atoms with Crippen LogP contribution in [0.25, 0.3) is 67.7 Å².